The largest absolute Gasteiger partial charge is 0.396 e. The van der Waals surface area contributed by atoms with E-state index in [0.717, 1.165) is 6.42 Å². The van der Waals surface area contributed by atoms with E-state index >= 15 is 0 Å². The summed E-state index contributed by atoms with van der Waals surface area (Å²) >= 11 is 0. The van der Waals surface area contributed by atoms with Gasteiger partial charge in [-0.3, -0.25) is 0 Å². The Bertz CT molecular complexity index is 112. The van der Waals surface area contributed by atoms with Crippen molar-refractivity contribution in [3.8, 4) is 0 Å². The summed E-state index contributed by atoms with van der Waals surface area (Å²) in [5.74, 6) is 0. The average Bonchev–Trinajstić information content (AvgIpc) is 2.39. The van der Waals surface area contributed by atoms with Crippen LogP contribution in [0.25, 0.3) is 0 Å². The number of aliphatic hydroxyl groups is 1. The van der Waals surface area contributed by atoms with Gasteiger partial charge in [0.1, 0.15) is 0 Å². The second-order valence-corrected chi connectivity index (χ2v) is 3.36. The second kappa shape index (κ2) is 3.20. The maximum absolute atomic E-state index is 9.10. The van der Waals surface area contributed by atoms with Crippen LogP contribution in [0.5, 0.6) is 0 Å². The molecule has 0 aromatic carbocycles. The van der Waals surface area contributed by atoms with E-state index in [4.69, 9.17) is 5.11 Å². The minimum Gasteiger partial charge on any atom is -0.396 e. The van der Waals surface area contributed by atoms with Crippen molar-refractivity contribution in [2.45, 2.75) is 32.1 Å². The molecule has 1 rings (SSSR count). The molecule has 1 aliphatic carbocycles. The van der Waals surface area contributed by atoms with Crippen molar-refractivity contribution in [2.24, 2.45) is 5.41 Å². The first kappa shape index (κ1) is 7.80. The topological polar surface area (TPSA) is 20.2 Å². The van der Waals surface area contributed by atoms with Crippen LogP contribution in [0.1, 0.15) is 32.1 Å². The highest BCUT2D eigenvalue weighted by Gasteiger charge is 2.31. The normalized spacial score (nSPS) is 22.9. The van der Waals surface area contributed by atoms with Crippen LogP contribution in [-0.2, 0) is 0 Å². The van der Waals surface area contributed by atoms with Gasteiger partial charge in [-0.05, 0) is 24.7 Å². The van der Waals surface area contributed by atoms with Crippen LogP contribution in [0.2, 0.25) is 0 Å². The summed E-state index contributed by atoms with van der Waals surface area (Å²) in [6.45, 7) is 4.05. The Kier molecular flexibility index (Phi) is 2.50. The Morgan fingerprint density at radius 1 is 1.40 bits per heavy atom. The lowest BCUT2D eigenvalue weighted by Crippen LogP contribution is -2.19. The summed E-state index contributed by atoms with van der Waals surface area (Å²) < 4.78 is 0. The SMILES string of the molecule is C=CCC1(CO)CCCC1. The van der Waals surface area contributed by atoms with Crippen molar-refractivity contribution >= 4 is 0 Å². The van der Waals surface area contributed by atoms with Gasteiger partial charge in [0, 0.05) is 6.61 Å². The third kappa shape index (κ3) is 1.40. The first-order chi connectivity index (χ1) is 4.83. The van der Waals surface area contributed by atoms with Crippen LogP contribution in [0, 0.1) is 5.41 Å². The lowest BCUT2D eigenvalue weighted by Gasteiger charge is -2.23. The molecule has 1 nitrogen and oxygen atoms in total. The molecule has 0 aromatic rings. The summed E-state index contributed by atoms with van der Waals surface area (Å²) in [7, 11) is 0. The molecule has 0 aliphatic heterocycles. The Balaban J connectivity index is 2.48. The van der Waals surface area contributed by atoms with Crippen molar-refractivity contribution in [3.63, 3.8) is 0 Å². The molecule has 1 aliphatic rings. The first-order valence-electron chi connectivity index (χ1n) is 4.05. The molecule has 0 bridgehead atoms. The van der Waals surface area contributed by atoms with Gasteiger partial charge < -0.3 is 5.11 Å². The molecular formula is C9H16O. The van der Waals surface area contributed by atoms with Crippen LogP contribution >= 0.6 is 0 Å². The van der Waals surface area contributed by atoms with Crippen LogP contribution < -0.4 is 0 Å². The van der Waals surface area contributed by atoms with Gasteiger partial charge >= 0.3 is 0 Å². The molecule has 1 saturated carbocycles. The zero-order valence-corrected chi connectivity index (χ0v) is 6.47. The molecule has 1 heteroatoms. The standard InChI is InChI=1S/C9H16O/c1-2-5-9(8-10)6-3-4-7-9/h2,10H,1,3-8H2. The summed E-state index contributed by atoms with van der Waals surface area (Å²) in [5, 5.41) is 9.10. The highest BCUT2D eigenvalue weighted by atomic mass is 16.3. The van der Waals surface area contributed by atoms with E-state index in [2.05, 4.69) is 6.58 Å². The second-order valence-electron chi connectivity index (χ2n) is 3.36. The summed E-state index contributed by atoms with van der Waals surface area (Å²) in [5.41, 5.74) is 0.224. The highest BCUT2D eigenvalue weighted by Crippen LogP contribution is 2.40. The molecular weight excluding hydrogens is 124 g/mol. The average molecular weight is 140 g/mol. The molecule has 0 radical (unpaired) electrons. The van der Waals surface area contributed by atoms with Gasteiger partial charge in [-0.15, -0.1) is 6.58 Å². The zero-order chi connectivity index (χ0) is 7.45. The molecule has 0 spiro atoms. The molecule has 0 unspecified atom stereocenters. The number of allylic oxidation sites excluding steroid dienone is 1. The number of aliphatic hydroxyl groups excluding tert-OH is 1. The lowest BCUT2D eigenvalue weighted by atomic mass is 9.84. The van der Waals surface area contributed by atoms with Gasteiger partial charge in [0.25, 0.3) is 0 Å². The fourth-order valence-corrected chi connectivity index (χ4v) is 1.86. The van der Waals surface area contributed by atoms with Crippen molar-refractivity contribution in [3.05, 3.63) is 12.7 Å². The van der Waals surface area contributed by atoms with E-state index in [9.17, 15) is 0 Å². The minimum absolute atomic E-state index is 0.224. The van der Waals surface area contributed by atoms with Crippen molar-refractivity contribution in [1.29, 1.82) is 0 Å². The quantitative estimate of drug-likeness (QED) is 0.595. The third-order valence-corrected chi connectivity index (χ3v) is 2.58. The first-order valence-corrected chi connectivity index (χ1v) is 4.05. The third-order valence-electron chi connectivity index (χ3n) is 2.58. The van der Waals surface area contributed by atoms with Crippen molar-refractivity contribution < 1.29 is 5.11 Å². The molecule has 0 heterocycles. The Hall–Kier alpha value is -0.300. The molecule has 1 N–H and O–H groups in total. The molecule has 10 heavy (non-hydrogen) atoms. The smallest absolute Gasteiger partial charge is 0.0490 e. The molecule has 0 amide bonds. The van der Waals surface area contributed by atoms with Gasteiger partial charge in [-0.1, -0.05) is 18.9 Å². The Morgan fingerprint density at radius 2 is 2.00 bits per heavy atom. The van der Waals surface area contributed by atoms with Gasteiger partial charge in [0.2, 0.25) is 0 Å². The van der Waals surface area contributed by atoms with E-state index in [-0.39, 0.29) is 5.41 Å². The van der Waals surface area contributed by atoms with E-state index in [1.165, 1.54) is 25.7 Å². The monoisotopic (exact) mass is 140 g/mol. The lowest BCUT2D eigenvalue weighted by molar-refractivity contribution is 0.133. The maximum Gasteiger partial charge on any atom is 0.0490 e. The van der Waals surface area contributed by atoms with Gasteiger partial charge in [0.15, 0.2) is 0 Å². The fraction of sp³-hybridized carbons (Fsp3) is 0.778. The highest BCUT2D eigenvalue weighted by molar-refractivity contribution is 4.89. The predicted molar refractivity (Wildman–Crippen MR) is 42.8 cm³/mol. The van der Waals surface area contributed by atoms with Crippen LogP contribution in [0.15, 0.2) is 12.7 Å². The maximum atomic E-state index is 9.10. The Morgan fingerprint density at radius 3 is 2.40 bits per heavy atom. The van der Waals surface area contributed by atoms with Gasteiger partial charge in [-0.2, -0.15) is 0 Å². The zero-order valence-electron chi connectivity index (χ0n) is 6.47. The predicted octanol–water partition coefficient (Wildman–Crippen LogP) is 2.12. The van der Waals surface area contributed by atoms with E-state index < -0.39 is 0 Å². The summed E-state index contributed by atoms with van der Waals surface area (Å²) in [4.78, 5) is 0. The minimum atomic E-state index is 0.224. The van der Waals surface area contributed by atoms with Crippen molar-refractivity contribution in [2.75, 3.05) is 6.61 Å². The van der Waals surface area contributed by atoms with E-state index in [1.807, 2.05) is 6.08 Å². The van der Waals surface area contributed by atoms with Gasteiger partial charge in [0.05, 0.1) is 0 Å². The van der Waals surface area contributed by atoms with E-state index in [0.29, 0.717) is 6.61 Å². The molecule has 0 aromatic heterocycles. The molecule has 0 saturated heterocycles. The summed E-state index contributed by atoms with van der Waals surface area (Å²) in [6, 6.07) is 0. The van der Waals surface area contributed by atoms with Crippen LogP contribution in [0.3, 0.4) is 0 Å². The van der Waals surface area contributed by atoms with E-state index in [1.54, 1.807) is 0 Å². The number of hydrogen-bond donors (Lipinski definition) is 1. The van der Waals surface area contributed by atoms with Crippen LogP contribution in [0.4, 0.5) is 0 Å². The summed E-state index contributed by atoms with van der Waals surface area (Å²) in [6.07, 6.45) is 7.87. The Labute approximate surface area is 62.8 Å². The number of rotatable bonds is 3. The molecule has 1 fully saturated rings. The molecule has 58 valence electrons. The van der Waals surface area contributed by atoms with Gasteiger partial charge in [-0.25, -0.2) is 0 Å². The van der Waals surface area contributed by atoms with Crippen LogP contribution in [-0.4, -0.2) is 11.7 Å². The van der Waals surface area contributed by atoms with Crippen molar-refractivity contribution in [1.82, 2.24) is 0 Å². The number of hydrogen-bond acceptors (Lipinski definition) is 1. The molecule has 0 atom stereocenters. The fourth-order valence-electron chi connectivity index (χ4n) is 1.86.